The van der Waals surface area contributed by atoms with Crippen LogP contribution >= 0.6 is 11.6 Å². The molecule has 1 N–H and O–H groups in total. The number of hydrogen-bond donors (Lipinski definition) is 1. The average molecular weight is 366 g/mol. The molecule has 0 saturated carbocycles. The van der Waals surface area contributed by atoms with Crippen molar-refractivity contribution in [3.63, 3.8) is 0 Å². The molecular weight excluding hydrogens is 350 g/mol. The Balaban J connectivity index is 1.71. The highest BCUT2D eigenvalue weighted by Gasteiger charge is 2.26. The van der Waals surface area contributed by atoms with Gasteiger partial charge in [0.25, 0.3) is 5.56 Å². The van der Waals surface area contributed by atoms with Crippen molar-refractivity contribution in [2.45, 2.75) is 18.9 Å². The summed E-state index contributed by atoms with van der Waals surface area (Å²) in [6, 6.07) is 17.3. The van der Waals surface area contributed by atoms with E-state index in [1.165, 1.54) is 10.7 Å². The SMILES string of the molecule is O=C1Nc2ccccc2CC[C@H]1n1nc(-c2ccc(Cl)cc2)ccc1=O. The number of aromatic nitrogens is 2. The first kappa shape index (κ1) is 16.5. The minimum Gasteiger partial charge on any atom is -0.324 e. The van der Waals surface area contributed by atoms with Crippen LogP contribution in [0.4, 0.5) is 5.69 Å². The molecule has 0 saturated heterocycles. The minimum atomic E-state index is -0.651. The number of carbonyl (C=O) groups excluding carboxylic acids is 1. The number of amides is 1. The lowest BCUT2D eigenvalue weighted by atomic mass is 10.1. The summed E-state index contributed by atoms with van der Waals surface area (Å²) in [6.07, 6.45) is 1.21. The average Bonchev–Trinajstić information content (AvgIpc) is 2.81. The second kappa shape index (κ2) is 6.77. The minimum absolute atomic E-state index is 0.224. The number of rotatable bonds is 2. The topological polar surface area (TPSA) is 64.0 Å². The lowest BCUT2D eigenvalue weighted by Crippen LogP contribution is -2.34. The van der Waals surface area contributed by atoms with Crippen molar-refractivity contribution in [3.05, 3.63) is 81.6 Å². The van der Waals surface area contributed by atoms with Crippen LogP contribution in [0.2, 0.25) is 5.02 Å². The van der Waals surface area contributed by atoms with Gasteiger partial charge in [0.05, 0.1) is 5.69 Å². The Bertz CT molecular complexity index is 1030. The van der Waals surface area contributed by atoms with Gasteiger partial charge in [0, 0.05) is 22.3 Å². The van der Waals surface area contributed by atoms with Gasteiger partial charge in [-0.2, -0.15) is 5.10 Å². The second-order valence-corrected chi connectivity index (χ2v) is 6.65. The van der Waals surface area contributed by atoms with Crippen molar-refractivity contribution in [2.24, 2.45) is 0 Å². The second-order valence-electron chi connectivity index (χ2n) is 6.21. The third-order valence-corrected chi connectivity index (χ3v) is 4.78. The predicted octanol–water partition coefficient (Wildman–Crippen LogP) is 3.69. The van der Waals surface area contributed by atoms with Gasteiger partial charge in [0.15, 0.2) is 0 Å². The van der Waals surface area contributed by atoms with Crippen molar-refractivity contribution >= 4 is 23.2 Å². The van der Waals surface area contributed by atoms with Crippen LogP contribution in [0.15, 0.2) is 65.5 Å². The fourth-order valence-electron chi connectivity index (χ4n) is 3.16. The van der Waals surface area contributed by atoms with Gasteiger partial charge < -0.3 is 5.32 Å². The van der Waals surface area contributed by atoms with Crippen LogP contribution in [0.25, 0.3) is 11.3 Å². The zero-order valence-corrected chi connectivity index (χ0v) is 14.6. The summed E-state index contributed by atoms with van der Waals surface area (Å²) in [5.41, 5.74) is 3.01. The molecule has 0 fully saturated rings. The first-order chi connectivity index (χ1) is 12.6. The fraction of sp³-hybridized carbons (Fsp3) is 0.150. The first-order valence-electron chi connectivity index (χ1n) is 8.36. The maximum Gasteiger partial charge on any atom is 0.267 e. The Kier molecular flexibility index (Phi) is 4.31. The number of anilines is 1. The van der Waals surface area contributed by atoms with E-state index in [1.807, 2.05) is 36.4 Å². The van der Waals surface area contributed by atoms with Crippen molar-refractivity contribution < 1.29 is 4.79 Å². The number of carbonyl (C=O) groups is 1. The number of para-hydroxylation sites is 1. The van der Waals surface area contributed by atoms with Crippen molar-refractivity contribution in [1.29, 1.82) is 0 Å². The van der Waals surface area contributed by atoms with Crippen molar-refractivity contribution in [3.8, 4) is 11.3 Å². The Morgan fingerprint density at radius 2 is 1.77 bits per heavy atom. The van der Waals surface area contributed by atoms with E-state index in [2.05, 4.69) is 10.4 Å². The molecule has 1 aromatic heterocycles. The molecule has 2 heterocycles. The molecule has 6 heteroatoms. The van der Waals surface area contributed by atoms with Gasteiger partial charge in [-0.05, 0) is 42.7 Å². The van der Waals surface area contributed by atoms with Gasteiger partial charge >= 0.3 is 0 Å². The Morgan fingerprint density at radius 1 is 1.00 bits per heavy atom. The summed E-state index contributed by atoms with van der Waals surface area (Å²) in [5.74, 6) is -0.224. The molecule has 2 aromatic carbocycles. The largest absolute Gasteiger partial charge is 0.324 e. The van der Waals surface area contributed by atoms with E-state index in [4.69, 9.17) is 11.6 Å². The van der Waals surface area contributed by atoms with Gasteiger partial charge in [-0.3, -0.25) is 9.59 Å². The molecular formula is C20H16ClN3O2. The van der Waals surface area contributed by atoms with E-state index in [1.54, 1.807) is 18.2 Å². The van der Waals surface area contributed by atoms with Gasteiger partial charge in [0.2, 0.25) is 5.91 Å². The number of nitrogens with zero attached hydrogens (tertiary/aromatic N) is 2. The third kappa shape index (κ3) is 3.13. The van der Waals surface area contributed by atoms with Crippen LogP contribution in [0.3, 0.4) is 0 Å². The fourth-order valence-corrected chi connectivity index (χ4v) is 3.28. The molecule has 1 aliphatic rings. The summed E-state index contributed by atoms with van der Waals surface area (Å²) in [5, 5.41) is 7.99. The Hall–Kier alpha value is -2.92. The number of aryl methyl sites for hydroxylation is 1. The van der Waals surface area contributed by atoms with Gasteiger partial charge in [-0.25, -0.2) is 4.68 Å². The van der Waals surface area contributed by atoms with Gasteiger partial charge in [-0.15, -0.1) is 0 Å². The lowest BCUT2D eigenvalue weighted by Gasteiger charge is -2.16. The van der Waals surface area contributed by atoms with Crippen molar-refractivity contribution in [2.75, 3.05) is 5.32 Å². The molecule has 130 valence electrons. The maximum absolute atomic E-state index is 12.7. The number of halogens is 1. The highest BCUT2D eigenvalue weighted by Crippen LogP contribution is 2.26. The third-order valence-electron chi connectivity index (χ3n) is 4.53. The van der Waals surface area contributed by atoms with Gasteiger partial charge in [-0.1, -0.05) is 41.9 Å². The van der Waals surface area contributed by atoms with Crippen molar-refractivity contribution in [1.82, 2.24) is 9.78 Å². The summed E-state index contributed by atoms with van der Waals surface area (Å²) >= 11 is 5.93. The Labute approximate surface area is 155 Å². The van der Waals surface area contributed by atoms with Crippen LogP contribution in [0, 0.1) is 0 Å². The molecule has 0 radical (unpaired) electrons. The molecule has 5 nitrogen and oxygen atoms in total. The lowest BCUT2D eigenvalue weighted by molar-refractivity contribution is -0.119. The number of nitrogens with one attached hydrogen (secondary N) is 1. The molecule has 4 rings (SSSR count). The van der Waals surface area contributed by atoms with E-state index in [0.717, 1.165) is 16.8 Å². The molecule has 3 aromatic rings. The van der Waals surface area contributed by atoms with Crippen LogP contribution in [-0.2, 0) is 11.2 Å². The van der Waals surface area contributed by atoms with Crippen LogP contribution in [0.5, 0.6) is 0 Å². The molecule has 0 spiro atoms. The number of benzene rings is 2. The van der Waals surface area contributed by atoms with Crippen LogP contribution in [0.1, 0.15) is 18.0 Å². The monoisotopic (exact) mass is 365 g/mol. The molecule has 0 aliphatic carbocycles. The Morgan fingerprint density at radius 3 is 2.58 bits per heavy atom. The van der Waals surface area contributed by atoms with Crippen LogP contribution < -0.4 is 10.9 Å². The van der Waals surface area contributed by atoms with E-state index in [9.17, 15) is 9.59 Å². The van der Waals surface area contributed by atoms with E-state index in [-0.39, 0.29) is 11.5 Å². The normalized spacial score (nSPS) is 16.5. The highest BCUT2D eigenvalue weighted by atomic mass is 35.5. The van der Waals surface area contributed by atoms with E-state index >= 15 is 0 Å². The smallest absolute Gasteiger partial charge is 0.267 e. The van der Waals surface area contributed by atoms with Gasteiger partial charge in [0.1, 0.15) is 6.04 Å². The zero-order valence-electron chi connectivity index (χ0n) is 13.9. The molecule has 1 atom stereocenters. The molecule has 1 aliphatic heterocycles. The highest BCUT2D eigenvalue weighted by molar-refractivity contribution is 6.30. The van der Waals surface area contributed by atoms with Crippen LogP contribution in [-0.4, -0.2) is 15.7 Å². The standard InChI is InChI=1S/C20H16ClN3O2/c21-15-8-5-14(6-9-15)17-10-12-19(25)24(23-17)18-11-7-13-3-1-2-4-16(13)22-20(18)26/h1-6,8-10,12,18H,7,11H2,(H,22,26)/t18-/m1/s1. The molecule has 0 bridgehead atoms. The molecule has 26 heavy (non-hydrogen) atoms. The quantitative estimate of drug-likeness (QED) is 0.753. The summed E-state index contributed by atoms with van der Waals surface area (Å²) in [7, 11) is 0. The predicted molar refractivity (Wildman–Crippen MR) is 101 cm³/mol. The maximum atomic E-state index is 12.7. The van der Waals surface area contributed by atoms with E-state index < -0.39 is 6.04 Å². The summed E-state index contributed by atoms with van der Waals surface area (Å²) in [6.45, 7) is 0. The summed E-state index contributed by atoms with van der Waals surface area (Å²) < 4.78 is 1.28. The first-order valence-corrected chi connectivity index (χ1v) is 8.74. The molecule has 1 amide bonds. The zero-order chi connectivity index (χ0) is 18.1. The summed E-state index contributed by atoms with van der Waals surface area (Å²) in [4.78, 5) is 25.1. The van der Waals surface area contributed by atoms with E-state index in [0.29, 0.717) is 23.6 Å². The number of fused-ring (bicyclic) bond motifs is 1. The molecule has 0 unspecified atom stereocenters. The number of hydrogen-bond acceptors (Lipinski definition) is 3.